The number of guanidine groups is 1. The molecule has 8 nitrogen and oxygen atoms in total. The van der Waals surface area contributed by atoms with E-state index < -0.39 is 0 Å². The van der Waals surface area contributed by atoms with E-state index in [-0.39, 0.29) is 30.1 Å². The quantitative estimate of drug-likeness (QED) is 0.356. The number of benzene rings is 1. The smallest absolute Gasteiger partial charge is 0.409 e. The van der Waals surface area contributed by atoms with Crippen LogP contribution in [-0.4, -0.2) is 92.9 Å². The molecule has 2 saturated heterocycles. The Morgan fingerprint density at radius 1 is 1.10 bits per heavy atom. The van der Waals surface area contributed by atoms with Crippen LogP contribution in [0, 0.1) is 0 Å². The van der Waals surface area contributed by atoms with Gasteiger partial charge in [0.15, 0.2) is 5.96 Å². The van der Waals surface area contributed by atoms with Gasteiger partial charge in [0, 0.05) is 59.4 Å². The van der Waals surface area contributed by atoms with Crippen molar-refractivity contribution in [3.63, 3.8) is 0 Å². The summed E-state index contributed by atoms with van der Waals surface area (Å²) in [6, 6.07) is 8.70. The van der Waals surface area contributed by atoms with Crippen molar-refractivity contribution >= 4 is 36.0 Å². The van der Waals surface area contributed by atoms with Crippen LogP contribution in [-0.2, 0) is 22.6 Å². The third-order valence-corrected chi connectivity index (χ3v) is 5.27. The van der Waals surface area contributed by atoms with Crippen molar-refractivity contribution in [2.75, 3.05) is 66.1 Å². The van der Waals surface area contributed by atoms with Crippen LogP contribution in [0.4, 0.5) is 4.79 Å². The number of carbonyl (C=O) groups excluding carboxylic acids is 1. The van der Waals surface area contributed by atoms with Gasteiger partial charge in [-0.05, 0) is 18.1 Å². The van der Waals surface area contributed by atoms with Gasteiger partial charge in [0.2, 0.25) is 0 Å². The molecule has 0 aliphatic carbocycles. The van der Waals surface area contributed by atoms with Crippen LogP contribution in [0.5, 0.6) is 0 Å². The summed E-state index contributed by atoms with van der Waals surface area (Å²) in [6.45, 7) is 10.3. The number of piperazine rings is 1. The van der Waals surface area contributed by atoms with Gasteiger partial charge in [0.25, 0.3) is 0 Å². The Morgan fingerprint density at radius 3 is 2.43 bits per heavy atom. The van der Waals surface area contributed by atoms with Crippen LogP contribution in [0.2, 0.25) is 0 Å². The SMILES string of the molecule is CCOC(=O)N1CCN(C(=NC)NCc2cccc(CN3CCOCC3)c2)CC1.I. The average Bonchev–Trinajstić information content (AvgIpc) is 2.76. The van der Waals surface area contributed by atoms with Crippen molar-refractivity contribution in [1.29, 1.82) is 0 Å². The highest BCUT2D eigenvalue weighted by Gasteiger charge is 2.23. The number of hydrogen-bond acceptors (Lipinski definition) is 5. The highest BCUT2D eigenvalue weighted by Crippen LogP contribution is 2.11. The highest BCUT2D eigenvalue weighted by atomic mass is 127. The van der Waals surface area contributed by atoms with Crippen LogP contribution in [0.3, 0.4) is 0 Å². The van der Waals surface area contributed by atoms with E-state index in [2.05, 4.69) is 44.4 Å². The lowest BCUT2D eigenvalue weighted by atomic mass is 10.1. The molecule has 2 aliphatic heterocycles. The van der Waals surface area contributed by atoms with Gasteiger partial charge in [-0.2, -0.15) is 0 Å². The summed E-state index contributed by atoms with van der Waals surface area (Å²) in [5.74, 6) is 0.868. The summed E-state index contributed by atoms with van der Waals surface area (Å²) in [5.41, 5.74) is 2.56. The molecule has 0 radical (unpaired) electrons. The molecule has 0 aromatic heterocycles. The van der Waals surface area contributed by atoms with Gasteiger partial charge in [-0.25, -0.2) is 4.79 Å². The molecule has 0 bridgehead atoms. The van der Waals surface area contributed by atoms with E-state index in [0.29, 0.717) is 19.7 Å². The van der Waals surface area contributed by atoms with Crippen molar-refractivity contribution in [3.05, 3.63) is 35.4 Å². The zero-order valence-electron chi connectivity index (χ0n) is 18.0. The molecule has 0 atom stereocenters. The number of halogens is 1. The molecule has 9 heteroatoms. The van der Waals surface area contributed by atoms with Gasteiger partial charge in [0.1, 0.15) is 0 Å². The fraction of sp³-hybridized carbons (Fsp3) is 0.619. The Bertz CT molecular complexity index is 689. The zero-order chi connectivity index (χ0) is 20.5. The molecule has 0 spiro atoms. The second-order valence-corrected chi connectivity index (χ2v) is 7.28. The number of nitrogens with zero attached hydrogens (tertiary/aromatic N) is 4. The second kappa shape index (κ2) is 13.0. The molecule has 0 unspecified atom stereocenters. The Balaban J connectivity index is 0.00000320. The first-order valence-electron chi connectivity index (χ1n) is 10.4. The van der Waals surface area contributed by atoms with E-state index in [1.807, 2.05) is 6.92 Å². The van der Waals surface area contributed by atoms with Gasteiger partial charge in [-0.1, -0.05) is 24.3 Å². The number of ether oxygens (including phenoxy) is 2. The Kier molecular flexibility index (Phi) is 10.7. The van der Waals surface area contributed by atoms with Gasteiger partial charge in [-0.15, -0.1) is 24.0 Å². The largest absolute Gasteiger partial charge is 0.450 e. The van der Waals surface area contributed by atoms with E-state index in [4.69, 9.17) is 9.47 Å². The standard InChI is InChI=1S/C21H33N5O3.HI/c1-3-29-21(27)26-9-7-25(8-10-26)20(22-2)23-16-18-5-4-6-19(15-18)17-24-11-13-28-14-12-24;/h4-6,15H,3,7-14,16-17H2,1-2H3,(H,22,23);1H. The third kappa shape index (κ3) is 7.28. The minimum Gasteiger partial charge on any atom is -0.450 e. The lowest BCUT2D eigenvalue weighted by molar-refractivity contribution is 0.0342. The molecule has 3 rings (SSSR count). The Labute approximate surface area is 196 Å². The van der Waals surface area contributed by atoms with Crippen molar-refractivity contribution < 1.29 is 14.3 Å². The number of aliphatic imine (C=N–C) groups is 1. The summed E-state index contributed by atoms with van der Waals surface area (Å²) >= 11 is 0. The van der Waals surface area contributed by atoms with Crippen molar-refractivity contribution in [2.45, 2.75) is 20.0 Å². The lowest BCUT2D eigenvalue weighted by Crippen LogP contribution is -2.53. The summed E-state index contributed by atoms with van der Waals surface area (Å²) < 4.78 is 10.5. The molecule has 1 amide bonds. The first kappa shape index (κ1) is 24.7. The number of morpholine rings is 1. The summed E-state index contributed by atoms with van der Waals surface area (Å²) in [5, 5.41) is 3.46. The molecule has 1 aromatic carbocycles. The van der Waals surface area contributed by atoms with Crippen LogP contribution in [0.15, 0.2) is 29.3 Å². The van der Waals surface area contributed by atoms with Gasteiger partial charge in [-0.3, -0.25) is 9.89 Å². The summed E-state index contributed by atoms with van der Waals surface area (Å²) in [4.78, 5) is 22.7. The molecular formula is C21H34IN5O3. The molecule has 2 heterocycles. The van der Waals surface area contributed by atoms with E-state index >= 15 is 0 Å². The number of hydrogen-bond donors (Lipinski definition) is 1. The Morgan fingerprint density at radius 2 is 1.77 bits per heavy atom. The fourth-order valence-electron chi connectivity index (χ4n) is 3.68. The maximum atomic E-state index is 11.9. The minimum atomic E-state index is -0.229. The normalized spacial score (nSPS) is 18.0. The number of carbonyl (C=O) groups is 1. The molecule has 30 heavy (non-hydrogen) atoms. The maximum Gasteiger partial charge on any atom is 0.409 e. The van der Waals surface area contributed by atoms with Gasteiger partial charge >= 0.3 is 6.09 Å². The number of rotatable bonds is 5. The van der Waals surface area contributed by atoms with Gasteiger partial charge in [0.05, 0.1) is 19.8 Å². The number of nitrogens with one attached hydrogen (secondary N) is 1. The summed E-state index contributed by atoms with van der Waals surface area (Å²) in [6.07, 6.45) is -0.229. The third-order valence-electron chi connectivity index (χ3n) is 5.27. The first-order chi connectivity index (χ1) is 14.2. The van der Waals surface area contributed by atoms with E-state index in [9.17, 15) is 4.79 Å². The second-order valence-electron chi connectivity index (χ2n) is 7.28. The van der Waals surface area contributed by atoms with E-state index in [0.717, 1.165) is 58.4 Å². The van der Waals surface area contributed by atoms with Crippen molar-refractivity contribution in [1.82, 2.24) is 20.0 Å². The Hall–Kier alpha value is -1.59. The van der Waals surface area contributed by atoms with Gasteiger partial charge < -0.3 is 24.6 Å². The first-order valence-corrected chi connectivity index (χ1v) is 10.4. The highest BCUT2D eigenvalue weighted by molar-refractivity contribution is 14.0. The van der Waals surface area contributed by atoms with Crippen molar-refractivity contribution in [2.24, 2.45) is 4.99 Å². The predicted molar refractivity (Wildman–Crippen MR) is 128 cm³/mol. The topological polar surface area (TPSA) is 69.6 Å². The molecule has 0 saturated carbocycles. The fourth-order valence-corrected chi connectivity index (χ4v) is 3.68. The van der Waals surface area contributed by atoms with Crippen LogP contribution < -0.4 is 5.32 Å². The van der Waals surface area contributed by atoms with E-state index in [1.165, 1.54) is 11.1 Å². The average molecular weight is 531 g/mol. The van der Waals surface area contributed by atoms with E-state index in [1.54, 1.807) is 11.9 Å². The molecule has 2 aliphatic rings. The molecule has 1 N–H and O–H groups in total. The molecule has 168 valence electrons. The van der Waals surface area contributed by atoms with Crippen molar-refractivity contribution in [3.8, 4) is 0 Å². The minimum absolute atomic E-state index is 0. The predicted octanol–water partition coefficient (Wildman–Crippen LogP) is 1.99. The molecule has 2 fully saturated rings. The lowest BCUT2D eigenvalue weighted by Gasteiger charge is -2.35. The monoisotopic (exact) mass is 531 g/mol. The van der Waals surface area contributed by atoms with Crippen LogP contribution in [0.1, 0.15) is 18.1 Å². The summed E-state index contributed by atoms with van der Waals surface area (Å²) in [7, 11) is 1.80. The van der Waals surface area contributed by atoms with Crippen LogP contribution in [0.25, 0.3) is 0 Å². The molecule has 1 aromatic rings. The zero-order valence-corrected chi connectivity index (χ0v) is 20.3. The maximum absolute atomic E-state index is 11.9. The number of amides is 1. The van der Waals surface area contributed by atoms with Crippen LogP contribution >= 0.6 is 24.0 Å². The molecular weight excluding hydrogens is 497 g/mol.